The van der Waals surface area contributed by atoms with Crippen LogP contribution in [0.1, 0.15) is 13.3 Å². The lowest BCUT2D eigenvalue weighted by Crippen LogP contribution is -2.28. The number of halogens is 1. The van der Waals surface area contributed by atoms with E-state index in [9.17, 15) is 9.59 Å². The number of anilines is 1. The van der Waals surface area contributed by atoms with Crippen molar-refractivity contribution in [1.82, 2.24) is 9.78 Å². The first kappa shape index (κ1) is 12.9. The van der Waals surface area contributed by atoms with Crippen LogP contribution in [0.2, 0.25) is 5.02 Å². The second-order valence-corrected chi connectivity index (χ2v) is 4.75. The van der Waals surface area contributed by atoms with E-state index in [0.717, 1.165) is 11.1 Å². The smallest absolute Gasteiger partial charge is 0.327 e. The van der Waals surface area contributed by atoms with Crippen molar-refractivity contribution >= 4 is 23.3 Å². The third-order valence-electron chi connectivity index (χ3n) is 2.94. The molecule has 2 atom stereocenters. The van der Waals surface area contributed by atoms with Crippen LogP contribution in [0.4, 0.5) is 5.69 Å². The summed E-state index contributed by atoms with van der Waals surface area (Å²) < 4.78 is 5.45. The Morgan fingerprint density at radius 2 is 2.39 bits per heavy atom. The maximum absolute atomic E-state index is 11.8. The summed E-state index contributed by atoms with van der Waals surface area (Å²) in [5.74, 6) is 0.0377. The summed E-state index contributed by atoms with van der Waals surface area (Å²) in [7, 11) is 1.25. The number of rotatable bonds is 4. The van der Waals surface area contributed by atoms with E-state index in [2.05, 4.69) is 22.1 Å². The zero-order valence-corrected chi connectivity index (χ0v) is 10.9. The van der Waals surface area contributed by atoms with Crippen LogP contribution < -0.4 is 10.9 Å². The molecule has 1 N–H and O–H groups in total. The Balaban J connectivity index is 2.18. The molecular formula is C11H14ClN3O3. The molecule has 6 nitrogen and oxygen atoms in total. The van der Waals surface area contributed by atoms with Crippen molar-refractivity contribution in [2.24, 2.45) is 5.92 Å². The molecule has 1 fully saturated rings. The number of methoxy groups -OCH3 is 1. The second kappa shape index (κ2) is 4.97. The van der Waals surface area contributed by atoms with E-state index in [1.165, 1.54) is 13.3 Å². The summed E-state index contributed by atoms with van der Waals surface area (Å²) >= 11 is 5.96. The van der Waals surface area contributed by atoms with Gasteiger partial charge >= 0.3 is 5.97 Å². The molecule has 2 rings (SSSR count). The summed E-state index contributed by atoms with van der Waals surface area (Å²) in [6.45, 7) is 1.87. The van der Waals surface area contributed by atoms with E-state index in [1.807, 2.05) is 0 Å². The van der Waals surface area contributed by atoms with Gasteiger partial charge in [0, 0.05) is 6.04 Å². The molecule has 2 unspecified atom stereocenters. The summed E-state index contributed by atoms with van der Waals surface area (Å²) in [4.78, 5) is 22.9. The molecule has 18 heavy (non-hydrogen) atoms. The number of hydrogen-bond donors (Lipinski definition) is 1. The van der Waals surface area contributed by atoms with Gasteiger partial charge in [0.05, 0.1) is 19.0 Å². The SMILES string of the molecule is COC(=O)Cn1ncc(NC2CC2C)c(Cl)c1=O. The van der Waals surface area contributed by atoms with E-state index in [0.29, 0.717) is 17.6 Å². The Kier molecular flexibility index (Phi) is 3.56. The van der Waals surface area contributed by atoms with Gasteiger partial charge in [-0.3, -0.25) is 9.59 Å². The fourth-order valence-corrected chi connectivity index (χ4v) is 1.79. The van der Waals surface area contributed by atoms with E-state index in [1.54, 1.807) is 0 Å². The zero-order chi connectivity index (χ0) is 13.3. The second-order valence-electron chi connectivity index (χ2n) is 4.37. The Labute approximate surface area is 109 Å². The normalized spacial score (nSPS) is 21.5. The Morgan fingerprint density at radius 3 is 2.94 bits per heavy atom. The minimum Gasteiger partial charge on any atom is -0.468 e. The number of esters is 1. The van der Waals surface area contributed by atoms with Gasteiger partial charge in [0.15, 0.2) is 0 Å². The molecule has 0 saturated heterocycles. The predicted octanol–water partition coefficient (Wildman–Crippen LogP) is 0.890. The molecular weight excluding hydrogens is 258 g/mol. The van der Waals surface area contributed by atoms with Crippen molar-refractivity contribution < 1.29 is 9.53 Å². The quantitative estimate of drug-likeness (QED) is 0.824. The summed E-state index contributed by atoms with van der Waals surface area (Å²) in [6, 6.07) is 0.347. The number of carbonyl (C=O) groups is 1. The molecule has 0 aliphatic heterocycles. The molecule has 7 heteroatoms. The number of hydrogen-bond acceptors (Lipinski definition) is 5. The van der Waals surface area contributed by atoms with Gasteiger partial charge in [0.25, 0.3) is 5.56 Å². The monoisotopic (exact) mass is 271 g/mol. The minimum atomic E-state index is -0.544. The lowest BCUT2D eigenvalue weighted by molar-refractivity contribution is -0.141. The number of aromatic nitrogens is 2. The molecule has 0 radical (unpaired) electrons. The summed E-state index contributed by atoms with van der Waals surface area (Å²) in [5.41, 5.74) is 0.0116. The van der Waals surface area contributed by atoms with Gasteiger partial charge < -0.3 is 10.1 Å². The fourth-order valence-electron chi connectivity index (χ4n) is 1.59. The Bertz CT molecular complexity index is 529. The zero-order valence-electron chi connectivity index (χ0n) is 10.1. The van der Waals surface area contributed by atoms with Crippen LogP contribution in [0.5, 0.6) is 0 Å². The first-order valence-electron chi connectivity index (χ1n) is 5.62. The maximum Gasteiger partial charge on any atom is 0.327 e. The molecule has 1 aromatic rings. The van der Waals surface area contributed by atoms with E-state index >= 15 is 0 Å². The van der Waals surface area contributed by atoms with Crippen molar-refractivity contribution in [1.29, 1.82) is 0 Å². The lowest BCUT2D eigenvalue weighted by atomic mass is 10.4. The van der Waals surface area contributed by atoms with Crippen LogP contribution in [0.3, 0.4) is 0 Å². The van der Waals surface area contributed by atoms with Gasteiger partial charge in [-0.15, -0.1) is 0 Å². The van der Waals surface area contributed by atoms with Crippen LogP contribution in [-0.2, 0) is 16.1 Å². The largest absolute Gasteiger partial charge is 0.468 e. The molecule has 98 valence electrons. The molecule has 0 amide bonds. The molecule has 1 aliphatic rings. The highest BCUT2D eigenvalue weighted by Gasteiger charge is 2.33. The average molecular weight is 272 g/mol. The topological polar surface area (TPSA) is 73.2 Å². The van der Waals surface area contributed by atoms with Crippen molar-refractivity contribution in [3.63, 3.8) is 0 Å². The molecule has 0 bridgehead atoms. The van der Waals surface area contributed by atoms with Gasteiger partial charge in [-0.2, -0.15) is 5.10 Å². The molecule has 1 saturated carbocycles. The van der Waals surface area contributed by atoms with Gasteiger partial charge in [-0.05, 0) is 12.3 Å². The van der Waals surface area contributed by atoms with Gasteiger partial charge in [0.2, 0.25) is 0 Å². The molecule has 0 spiro atoms. The minimum absolute atomic E-state index is 0.0491. The van der Waals surface area contributed by atoms with Crippen LogP contribution in [0.15, 0.2) is 11.0 Å². The van der Waals surface area contributed by atoms with Gasteiger partial charge in [0.1, 0.15) is 11.6 Å². The van der Waals surface area contributed by atoms with Gasteiger partial charge in [-0.1, -0.05) is 18.5 Å². The van der Waals surface area contributed by atoms with Crippen molar-refractivity contribution in [2.45, 2.75) is 25.9 Å². The highest BCUT2D eigenvalue weighted by Crippen LogP contribution is 2.33. The van der Waals surface area contributed by atoms with E-state index in [4.69, 9.17) is 11.6 Å². The van der Waals surface area contributed by atoms with E-state index in [-0.39, 0.29) is 11.6 Å². The Hall–Kier alpha value is -1.56. The van der Waals surface area contributed by atoms with Crippen molar-refractivity contribution in [3.05, 3.63) is 21.6 Å². The fraction of sp³-hybridized carbons (Fsp3) is 0.545. The predicted molar refractivity (Wildman–Crippen MR) is 66.7 cm³/mol. The summed E-state index contributed by atoms with van der Waals surface area (Å²) in [6.07, 6.45) is 2.51. The highest BCUT2D eigenvalue weighted by atomic mass is 35.5. The lowest BCUT2D eigenvalue weighted by Gasteiger charge is -2.09. The molecule has 1 heterocycles. The summed E-state index contributed by atoms with van der Waals surface area (Å²) in [5, 5.41) is 7.08. The highest BCUT2D eigenvalue weighted by molar-refractivity contribution is 6.32. The number of carbonyl (C=O) groups excluding carboxylic acids is 1. The number of nitrogens with one attached hydrogen (secondary N) is 1. The van der Waals surface area contributed by atoms with Crippen LogP contribution in [0, 0.1) is 5.92 Å². The first-order valence-corrected chi connectivity index (χ1v) is 5.99. The van der Waals surface area contributed by atoms with Crippen LogP contribution in [-0.4, -0.2) is 28.9 Å². The van der Waals surface area contributed by atoms with Crippen LogP contribution >= 0.6 is 11.6 Å². The van der Waals surface area contributed by atoms with Gasteiger partial charge in [-0.25, -0.2) is 4.68 Å². The molecule has 1 aromatic heterocycles. The number of nitrogens with zero attached hydrogens (tertiary/aromatic N) is 2. The number of ether oxygens (including phenoxy) is 1. The maximum atomic E-state index is 11.8. The van der Waals surface area contributed by atoms with E-state index < -0.39 is 11.5 Å². The average Bonchev–Trinajstić information content (AvgIpc) is 3.04. The molecule has 0 aromatic carbocycles. The Morgan fingerprint density at radius 1 is 1.72 bits per heavy atom. The standard InChI is InChI=1S/C11H14ClN3O3/c1-6-3-7(6)14-8-4-13-15(5-9(16)18-2)11(17)10(8)12/h4,6-7,14H,3,5H2,1-2H3. The first-order chi connectivity index (χ1) is 8.52. The van der Waals surface area contributed by atoms with Crippen LogP contribution in [0.25, 0.3) is 0 Å². The van der Waals surface area contributed by atoms with Crippen molar-refractivity contribution in [3.8, 4) is 0 Å². The van der Waals surface area contributed by atoms with Crippen molar-refractivity contribution in [2.75, 3.05) is 12.4 Å². The third-order valence-corrected chi connectivity index (χ3v) is 3.31. The molecule has 1 aliphatic carbocycles. The third kappa shape index (κ3) is 2.64.